The van der Waals surface area contributed by atoms with Gasteiger partial charge in [-0.25, -0.2) is 0 Å². The number of aromatic nitrogens is 1. The number of halogens is 1. The summed E-state index contributed by atoms with van der Waals surface area (Å²) >= 11 is 11.5. The molecule has 0 aliphatic carbocycles. The number of nitrogens with one attached hydrogen (secondary N) is 1. The van der Waals surface area contributed by atoms with Crippen molar-refractivity contribution in [1.29, 1.82) is 0 Å². The quantitative estimate of drug-likeness (QED) is 0.522. The van der Waals surface area contributed by atoms with E-state index in [0.717, 1.165) is 17.6 Å². The van der Waals surface area contributed by atoms with Gasteiger partial charge in [0.1, 0.15) is 11.5 Å². The molecule has 31 heavy (non-hydrogen) atoms. The molecule has 0 saturated carbocycles. The van der Waals surface area contributed by atoms with Gasteiger partial charge in [-0.2, -0.15) is 0 Å². The van der Waals surface area contributed by atoms with Crippen LogP contribution in [-0.4, -0.2) is 65.0 Å². The lowest BCUT2D eigenvalue weighted by Gasteiger charge is -2.15. The third-order valence-electron chi connectivity index (χ3n) is 5.17. The Morgan fingerprint density at radius 2 is 1.97 bits per heavy atom. The van der Waals surface area contributed by atoms with Gasteiger partial charge in [-0.05, 0) is 57.0 Å². The predicted molar refractivity (Wildman–Crippen MR) is 124 cm³/mol. The molecule has 0 fully saturated rings. The van der Waals surface area contributed by atoms with E-state index in [0.29, 0.717) is 53.1 Å². The van der Waals surface area contributed by atoms with Gasteiger partial charge in [-0.15, -0.1) is 0 Å². The van der Waals surface area contributed by atoms with Crippen LogP contribution in [0, 0.1) is 0 Å². The lowest BCUT2D eigenvalue weighted by molar-refractivity contribution is -0.121. The molecule has 162 valence electrons. The molecule has 2 aromatic heterocycles. The number of rotatable bonds is 8. The number of carbonyl (C=O) groups excluding carboxylic acids is 2. The minimum Gasteiger partial charge on any atom is -0.454 e. The van der Waals surface area contributed by atoms with Crippen LogP contribution in [0.3, 0.4) is 0 Å². The van der Waals surface area contributed by atoms with Crippen molar-refractivity contribution in [2.24, 2.45) is 0 Å². The van der Waals surface area contributed by atoms with Gasteiger partial charge in [0.2, 0.25) is 5.91 Å². The first-order valence-electron chi connectivity index (χ1n) is 10.0. The van der Waals surface area contributed by atoms with Crippen LogP contribution in [0.1, 0.15) is 23.3 Å². The van der Waals surface area contributed by atoms with Crippen molar-refractivity contribution in [3.8, 4) is 11.3 Å². The van der Waals surface area contributed by atoms with Crippen LogP contribution in [0.25, 0.3) is 22.4 Å². The fourth-order valence-corrected chi connectivity index (χ4v) is 4.06. The van der Waals surface area contributed by atoms with Crippen LogP contribution in [0.2, 0.25) is 5.02 Å². The second-order valence-corrected chi connectivity index (χ2v) is 8.53. The van der Waals surface area contributed by atoms with Crippen LogP contribution >= 0.6 is 23.8 Å². The van der Waals surface area contributed by atoms with E-state index in [1.54, 1.807) is 27.7 Å². The van der Waals surface area contributed by atoms with Crippen molar-refractivity contribution in [3.05, 3.63) is 47.1 Å². The van der Waals surface area contributed by atoms with E-state index in [4.69, 9.17) is 28.2 Å². The predicted octanol–water partition coefficient (Wildman–Crippen LogP) is 3.60. The molecule has 1 aliphatic heterocycles. The highest BCUT2D eigenvalue weighted by molar-refractivity contribution is 7.80. The second kappa shape index (κ2) is 8.82. The van der Waals surface area contributed by atoms with Crippen molar-refractivity contribution in [2.75, 3.05) is 33.7 Å². The van der Waals surface area contributed by atoms with Gasteiger partial charge < -0.3 is 14.6 Å². The van der Waals surface area contributed by atoms with Crippen LogP contribution in [0.15, 0.2) is 40.8 Å². The number of benzene rings is 1. The number of hydrogen-bond donors (Lipinski definition) is 1. The number of thiocarbonyl (C=S) groups is 1. The summed E-state index contributed by atoms with van der Waals surface area (Å²) in [4.78, 5) is 28.4. The molecule has 3 heterocycles. The third-order valence-corrected chi connectivity index (χ3v) is 5.83. The van der Waals surface area contributed by atoms with Gasteiger partial charge in [0.05, 0.1) is 5.52 Å². The van der Waals surface area contributed by atoms with Crippen LogP contribution < -0.4 is 5.32 Å². The second-order valence-electron chi connectivity index (χ2n) is 7.73. The summed E-state index contributed by atoms with van der Waals surface area (Å²) in [7, 11) is 3.91. The van der Waals surface area contributed by atoms with Crippen molar-refractivity contribution in [3.63, 3.8) is 0 Å². The number of carbonyl (C=O) groups is 2. The number of nitrogens with zero attached hydrogens (tertiary/aromatic N) is 3. The van der Waals surface area contributed by atoms with Gasteiger partial charge in [0.15, 0.2) is 10.7 Å². The number of likely N-dealkylation sites (N-methyl/N-ethyl adjacent to an activating group) is 1. The minimum atomic E-state index is -0.169. The zero-order chi connectivity index (χ0) is 22.1. The van der Waals surface area contributed by atoms with Crippen LogP contribution in [0.4, 0.5) is 0 Å². The van der Waals surface area contributed by atoms with Crippen molar-refractivity contribution in [2.45, 2.75) is 12.8 Å². The van der Waals surface area contributed by atoms with E-state index in [1.807, 2.05) is 37.2 Å². The summed E-state index contributed by atoms with van der Waals surface area (Å²) in [6, 6.07) is 11.0. The Labute approximate surface area is 190 Å². The summed E-state index contributed by atoms with van der Waals surface area (Å²) in [5.41, 5.74) is 2.73. The highest BCUT2D eigenvalue weighted by atomic mass is 35.5. The number of hydrogen-bond acceptors (Lipinski definition) is 5. The molecule has 1 aromatic carbocycles. The third kappa shape index (κ3) is 4.37. The zero-order valence-electron chi connectivity index (χ0n) is 17.4. The fraction of sp³-hybridized carbons (Fsp3) is 0.318. The largest absolute Gasteiger partial charge is 0.454 e. The average molecular weight is 459 g/mol. The van der Waals surface area contributed by atoms with E-state index in [1.165, 1.54) is 0 Å². The maximum atomic E-state index is 12.8. The van der Waals surface area contributed by atoms with Crippen molar-refractivity contribution >= 4 is 51.8 Å². The standard InChI is InChI=1S/C22H23ClN4O3S/c1-25(2)11-9-24-20(28)4-3-10-26-21(29)17-13-19-16(27(17)22(26)31)12-18(30-19)14-5-7-15(23)8-6-14/h5-8,12-13H,3-4,9-11H2,1-2H3,(H,24,28). The highest BCUT2D eigenvalue weighted by Crippen LogP contribution is 2.33. The Balaban J connectivity index is 1.43. The SMILES string of the molecule is CN(C)CCNC(=O)CCCN1C(=O)c2cc3oc(-c4ccc(Cl)cc4)cc3n2C1=S. The molecule has 1 aliphatic rings. The Kier molecular flexibility index (Phi) is 6.13. The van der Waals surface area contributed by atoms with Gasteiger partial charge in [0.25, 0.3) is 5.91 Å². The topological polar surface area (TPSA) is 70.7 Å². The molecule has 4 rings (SSSR count). The normalized spacial score (nSPS) is 13.5. The maximum absolute atomic E-state index is 12.8. The molecule has 0 atom stereocenters. The smallest absolute Gasteiger partial charge is 0.277 e. The number of amides is 2. The van der Waals surface area contributed by atoms with E-state index < -0.39 is 0 Å². The number of fused-ring (bicyclic) bond motifs is 3. The maximum Gasteiger partial charge on any atom is 0.277 e. The molecule has 0 saturated heterocycles. The van der Waals surface area contributed by atoms with Crippen molar-refractivity contribution in [1.82, 2.24) is 19.7 Å². The summed E-state index contributed by atoms with van der Waals surface area (Å²) in [5, 5.41) is 3.94. The lowest BCUT2D eigenvalue weighted by Crippen LogP contribution is -2.34. The lowest BCUT2D eigenvalue weighted by atomic mass is 10.2. The van der Waals surface area contributed by atoms with Gasteiger partial charge >= 0.3 is 0 Å². The highest BCUT2D eigenvalue weighted by Gasteiger charge is 2.35. The molecular formula is C22H23ClN4O3S. The first-order valence-corrected chi connectivity index (χ1v) is 10.8. The molecule has 0 unspecified atom stereocenters. The molecule has 2 amide bonds. The summed E-state index contributed by atoms with van der Waals surface area (Å²) in [5.74, 6) is 0.487. The van der Waals surface area contributed by atoms with E-state index in [9.17, 15) is 9.59 Å². The molecule has 0 spiro atoms. The summed E-state index contributed by atoms with van der Waals surface area (Å²) in [6.07, 6.45) is 0.881. The monoisotopic (exact) mass is 458 g/mol. The molecule has 7 nitrogen and oxygen atoms in total. The fourth-order valence-electron chi connectivity index (χ4n) is 3.56. The zero-order valence-corrected chi connectivity index (χ0v) is 18.9. The first kappa shape index (κ1) is 21.5. The molecule has 0 bridgehead atoms. The molecule has 1 N–H and O–H groups in total. The number of furan rings is 1. The summed E-state index contributed by atoms with van der Waals surface area (Å²) in [6.45, 7) is 1.78. The van der Waals surface area contributed by atoms with E-state index >= 15 is 0 Å². The van der Waals surface area contributed by atoms with Gasteiger partial charge in [-0.3, -0.25) is 19.1 Å². The Morgan fingerprint density at radius 3 is 2.68 bits per heavy atom. The first-order chi connectivity index (χ1) is 14.8. The molecule has 0 radical (unpaired) electrons. The Morgan fingerprint density at radius 1 is 1.23 bits per heavy atom. The van der Waals surface area contributed by atoms with Crippen LogP contribution in [-0.2, 0) is 4.79 Å². The van der Waals surface area contributed by atoms with Gasteiger partial charge in [-0.1, -0.05) is 11.6 Å². The molecule has 9 heteroatoms. The molecular weight excluding hydrogens is 436 g/mol. The Hall–Kier alpha value is -2.68. The summed E-state index contributed by atoms with van der Waals surface area (Å²) < 4.78 is 7.68. The van der Waals surface area contributed by atoms with Gasteiger partial charge in [0, 0.05) is 48.8 Å². The molecule has 3 aromatic rings. The Bertz CT molecular complexity index is 1150. The average Bonchev–Trinajstić information content (AvgIpc) is 3.34. The minimum absolute atomic E-state index is 0.0242. The van der Waals surface area contributed by atoms with Crippen LogP contribution in [0.5, 0.6) is 0 Å². The van der Waals surface area contributed by atoms with E-state index in [2.05, 4.69) is 5.32 Å². The van der Waals surface area contributed by atoms with E-state index in [-0.39, 0.29) is 11.8 Å². The van der Waals surface area contributed by atoms with Crippen molar-refractivity contribution < 1.29 is 14.0 Å².